The van der Waals surface area contributed by atoms with E-state index in [9.17, 15) is 0 Å². The molecule has 1 aromatic heterocycles. The fourth-order valence-corrected chi connectivity index (χ4v) is 3.59. The molecule has 25 heavy (non-hydrogen) atoms. The number of fused-ring (bicyclic) bond motifs is 1. The maximum atomic E-state index is 6.19. The zero-order valence-corrected chi connectivity index (χ0v) is 15.8. The smallest absolute Gasteiger partial charge is 0.148 e. The van der Waals surface area contributed by atoms with Gasteiger partial charge in [0, 0.05) is 17.3 Å². The Morgan fingerprint density at radius 2 is 2.04 bits per heavy atom. The highest BCUT2D eigenvalue weighted by molar-refractivity contribution is 6.17. The summed E-state index contributed by atoms with van der Waals surface area (Å²) in [6, 6.07) is 10.2. The zero-order valence-electron chi connectivity index (χ0n) is 15.1. The van der Waals surface area contributed by atoms with Crippen LogP contribution >= 0.6 is 11.6 Å². The number of nitrogens with zero attached hydrogens (tertiary/aromatic N) is 1. The predicted octanol–water partition coefficient (Wildman–Crippen LogP) is 5.73. The van der Waals surface area contributed by atoms with Crippen molar-refractivity contribution in [2.45, 2.75) is 64.2 Å². The minimum atomic E-state index is -0.271. The molecule has 1 unspecified atom stereocenters. The average Bonchev–Trinajstić information content (AvgIpc) is 2.98. The molecular weight excluding hydrogens is 334 g/mol. The minimum Gasteiger partial charge on any atom is -0.487 e. The molecule has 0 radical (unpaired) electrons. The fourth-order valence-electron chi connectivity index (χ4n) is 3.40. The van der Waals surface area contributed by atoms with Gasteiger partial charge in [0.1, 0.15) is 12.4 Å². The average molecular weight is 360 g/mol. The van der Waals surface area contributed by atoms with Crippen molar-refractivity contribution >= 4 is 11.6 Å². The summed E-state index contributed by atoms with van der Waals surface area (Å²) in [5, 5.41) is 0. The van der Waals surface area contributed by atoms with E-state index in [4.69, 9.17) is 21.1 Å². The third kappa shape index (κ3) is 3.99. The molecule has 1 atom stereocenters. The molecule has 0 aliphatic carbocycles. The number of halogens is 1. The highest BCUT2D eigenvalue weighted by Gasteiger charge is 2.38. The lowest BCUT2D eigenvalue weighted by Gasteiger charge is -2.24. The summed E-state index contributed by atoms with van der Waals surface area (Å²) >= 11 is 6.11. The van der Waals surface area contributed by atoms with Crippen LogP contribution < -0.4 is 4.74 Å². The van der Waals surface area contributed by atoms with Gasteiger partial charge in [-0.05, 0) is 18.9 Å². The molecule has 1 aliphatic rings. The minimum absolute atomic E-state index is 0.271. The van der Waals surface area contributed by atoms with Gasteiger partial charge in [0.25, 0.3) is 0 Å². The van der Waals surface area contributed by atoms with Gasteiger partial charge in [-0.1, -0.05) is 56.5 Å². The van der Waals surface area contributed by atoms with Crippen LogP contribution in [0.15, 0.2) is 36.5 Å². The van der Waals surface area contributed by atoms with Crippen molar-refractivity contribution in [1.82, 2.24) is 4.98 Å². The Labute approximate surface area is 155 Å². The van der Waals surface area contributed by atoms with E-state index >= 15 is 0 Å². The monoisotopic (exact) mass is 359 g/mol. The SMILES string of the molecule is CCCCCC1(C)OCc2c1cnc(CCl)c2OCc1ccccc1. The van der Waals surface area contributed by atoms with E-state index in [-0.39, 0.29) is 5.60 Å². The second-order valence-electron chi connectivity index (χ2n) is 6.81. The van der Waals surface area contributed by atoms with Crippen molar-refractivity contribution in [3.8, 4) is 5.75 Å². The Kier molecular flexibility index (Phi) is 5.98. The molecule has 0 bridgehead atoms. The number of unbranched alkanes of at least 4 members (excludes halogenated alkanes) is 2. The number of hydrogen-bond acceptors (Lipinski definition) is 3. The molecular formula is C21H26ClNO2. The molecule has 0 saturated carbocycles. The van der Waals surface area contributed by atoms with Gasteiger partial charge in [0.15, 0.2) is 0 Å². The highest BCUT2D eigenvalue weighted by Crippen LogP contribution is 2.44. The maximum absolute atomic E-state index is 6.19. The van der Waals surface area contributed by atoms with E-state index < -0.39 is 0 Å². The summed E-state index contributed by atoms with van der Waals surface area (Å²) < 4.78 is 12.3. The van der Waals surface area contributed by atoms with E-state index in [0.717, 1.165) is 41.0 Å². The predicted molar refractivity (Wildman–Crippen MR) is 101 cm³/mol. The first-order valence-corrected chi connectivity index (χ1v) is 9.59. The van der Waals surface area contributed by atoms with Crippen LogP contribution in [0, 0.1) is 0 Å². The molecule has 0 fully saturated rings. The molecule has 3 rings (SSSR count). The van der Waals surface area contributed by atoms with Crippen LogP contribution in [0.5, 0.6) is 5.75 Å². The quantitative estimate of drug-likeness (QED) is 0.446. The summed E-state index contributed by atoms with van der Waals surface area (Å²) in [6.07, 6.45) is 6.52. The van der Waals surface area contributed by atoms with Crippen molar-refractivity contribution in [3.63, 3.8) is 0 Å². The van der Waals surface area contributed by atoms with Gasteiger partial charge in [-0.2, -0.15) is 0 Å². The lowest BCUT2D eigenvalue weighted by atomic mass is 9.90. The molecule has 0 spiro atoms. The lowest BCUT2D eigenvalue weighted by Crippen LogP contribution is -2.21. The van der Waals surface area contributed by atoms with E-state index in [1.807, 2.05) is 24.4 Å². The number of rotatable bonds is 8. The maximum Gasteiger partial charge on any atom is 0.148 e. The third-order valence-corrected chi connectivity index (χ3v) is 5.18. The van der Waals surface area contributed by atoms with Crippen LogP contribution in [-0.4, -0.2) is 4.98 Å². The second kappa shape index (κ2) is 8.20. The molecule has 0 N–H and O–H groups in total. The van der Waals surface area contributed by atoms with Crippen LogP contribution in [0.3, 0.4) is 0 Å². The van der Waals surface area contributed by atoms with Crippen molar-refractivity contribution in [2.75, 3.05) is 0 Å². The molecule has 2 heterocycles. The largest absolute Gasteiger partial charge is 0.487 e. The first-order valence-electron chi connectivity index (χ1n) is 9.06. The van der Waals surface area contributed by atoms with Crippen LogP contribution in [0.1, 0.15) is 61.9 Å². The topological polar surface area (TPSA) is 31.4 Å². The van der Waals surface area contributed by atoms with Crippen molar-refractivity contribution in [1.29, 1.82) is 0 Å². The summed E-state index contributed by atoms with van der Waals surface area (Å²) in [7, 11) is 0. The number of hydrogen-bond donors (Lipinski definition) is 0. The van der Waals surface area contributed by atoms with Crippen LogP contribution in [0.2, 0.25) is 0 Å². The molecule has 1 aromatic carbocycles. The van der Waals surface area contributed by atoms with Gasteiger partial charge in [0.05, 0.1) is 23.8 Å². The lowest BCUT2D eigenvalue weighted by molar-refractivity contribution is -0.0315. The number of benzene rings is 1. The number of ether oxygens (including phenoxy) is 2. The van der Waals surface area contributed by atoms with Crippen molar-refractivity contribution in [3.05, 3.63) is 58.9 Å². The first kappa shape index (κ1) is 18.2. The molecule has 4 heteroatoms. The third-order valence-electron chi connectivity index (χ3n) is 4.93. The Balaban J connectivity index is 1.84. The molecule has 3 nitrogen and oxygen atoms in total. The van der Waals surface area contributed by atoms with Crippen molar-refractivity contribution in [2.24, 2.45) is 0 Å². The summed E-state index contributed by atoms with van der Waals surface area (Å²) in [4.78, 5) is 4.57. The van der Waals surface area contributed by atoms with Crippen LogP contribution in [0.25, 0.3) is 0 Å². The van der Waals surface area contributed by atoms with Crippen LogP contribution in [-0.2, 0) is 29.4 Å². The van der Waals surface area contributed by atoms with Crippen molar-refractivity contribution < 1.29 is 9.47 Å². The van der Waals surface area contributed by atoms with E-state index in [1.165, 1.54) is 12.8 Å². The number of aromatic nitrogens is 1. The summed E-state index contributed by atoms with van der Waals surface area (Å²) in [6.45, 7) is 5.46. The van der Waals surface area contributed by atoms with Gasteiger partial charge < -0.3 is 9.47 Å². The summed E-state index contributed by atoms with van der Waals surface area (Å²) in [5.41, 5.74) is 3.91. The van der Waals surface area contributed by atoms with E-state index in [0.29, 0.717) is 19.1 Å². The molecule has 0 saturated heterocycles. The standard InChI is InChI=1S/C21H26ClNO2/c1-3-4-8-11-21(2)18-13-23-19(12-22)20(17(18)15-25-21)24-14-16-9-6-5-7-10-16/h5-7,9-10,13H,3-4,8,11-12,14-15H2,1-2H3. The number of pyridine rings is 1. The Morgan fingerprint density at radius 1 is 1.24 bits per heavy atom. The van der Waals surface area contributed by atoms with Crippen LogP contribution in [0.4, 0.5) is 0 Å². The van der Waals surface area contributed by atoms with Gasteiger partial charge >= 0.3 is 0 Å². The normalized spacial score (nSPS) is 19.0. The Bertz CT molecular complexity index is 705. The molecule has 0 amide bonds. The zero-order chi connectivity index (χ0) is 17.7. The van der Waals surface area contributed by atoms with Gasteiger partial charge in [-0.25, -0.2) is 0 Å². The second-order valence-corrected chi connectivity index (χ2v) is 7.08. The Hall–Kier alpha value is -1.58. The first-order chi connectivity index (χ1) is 12.2. The van der Waals surface area contributed by atoms with Gasteiger partial charge in [-0.15, -0.1) is 11.6 Å². The summed E-state index contributed by atoms with van der Waals surface area (Å²) in [5.74, 6) is 1.14. The van der Waals surface area contributed by atoms with E-state index in [1.54, 1.807) is 0 Å². The Morgan fingerprint density at radius 3 is 2.76 bits per heavy atom. The van der Waals surface area contributed by atoms with Gasteiger partial charge in [-0.3, -0.25) is 4.98 Å². The van der Waals surface area contributed by atoms with E-state index in [2.05, 4.69) is 31.0 Å². The fraction of sp³-hybridized carbons (Fsp3) is 0.476. The highest BCUT2D eigenvalue weighted by atomic mass is 35.5. The molecule has 2 aromatic rings. The number of alkyl halides is 1. The molecule has 134 valence electrons. The molecule has 1 aliphatic heterocycles. The van der Waals surface area contributed by atoms with Gasteiger partial charge in [0.2, 0.25) is 0 Å².